The summed E-state index contributed by atoms with van der Waals surface area (Å²) in [4.78, 5) is 21.3. The van der Waals surface area contributed by atoms with Crippen LogP contribution >= 0.6 is 22.7 Å². The van der Waals surface area contributed by atoms with Gasteiger partial charge in [-0.15, -0.1) is 22.7 Å². The number of hydrogen-bond acceptors (Lipinski definition) is 7. The molecule has 0 spiro atoms. The number of aryl methyl sites for hydroxylation is 2. The minimum absolute atomic E-state index is 0.182. The van der Waals surface area contributed by atoms with Crippen LogP contribution < -0.4 is 15.8 Å². The van der Waals surface area contributed by atoms with Crippen molar-refractivity contribution in [1.82, 2.24) is 9.97 Å². The summed E-state index contributed by atoms with van der Waals surface area (Å²) >= 11 is 3.14. The monoisotopic (exact) mass is 374 g/mol. The van der Waals surface area contributed by atoms with Gasteiger partial charge in [0.05, 0.1) is 40.5 Å². The van der Waals surface area contributed by atoms with E-state index < -0.39 is 0 Å². The van der Waals surface area contributed by atoms with Crippen molar-refractivity contribution in [2.75, 3.05) is 12.4 Å². The normalized spacial score (nSPS) is 10.7. The molecule has 2 heterocycles. The smallest absolute Gasteiger partial charge is 0.221 e. The molecule has 1 amide bonds. The van der Waals surface area contributed by atoms with Gasteiger partial charge >= 0.3 is 0 Å². The number of hydrogen-bond donors (Lipinski definition) is 2. The average Bonchev–Trinajstić information content (AvgIpc) is 3.13. The second-order valence-corrected chi connectivity index (χ2v) is 7.55. The summed E-state index contributed by atoms with van der Waals surface area (Å²) in [6.07, 6.45) is 0.182. The molecule has 0 aliphatic carbocycles. The van der Waals surface area contributed by atoms with Crippen LogP contribution in [-0.4, -0.2) is 23.0 Å². The molecule has 0 saturated carbocycles. The Balaban J connectivity index is 1.87. The van der Waals surface area contributed by atoms with Gasteiger partial charge in [0.15, 0.2) is 5.13 Å². The highest BCUT2D eigenvalue weighted by Gasteiger charge is 2.13. The molecule has 6 nitrogen and oxygen atoms in total. The topological polar surface area (TPSA) is 90.1 Å². The lowest BCUT2D eigenvalue weighted by atomic mass is 10.1. The van der Waals surface area contributed by atoms with Crippen LogP contribution in [0.15, 0.2) is 23.6 Å². The molecule has 0 aliphatic heterocycles. The number of nitrogens with zero attached hydrogens (tertiary/aromatic N) is 2. The summed E-state index contributed by atoms with van der Waals surface area (Å²) < 4.78 is 5.38. The summed E-state index contributed by atoms with van der Waals surface area (Å²) in [5.74, 6) is 0.304. The number of thiazole rings is 2. The lowest BCUT2D eigenvalue weighted by Gasteiger charge is -2.10. The standard InChI is InChI=1S/C17H18N4O2S2/c1-9-16(25-10(2)19-9)13-8-24-17(21-13)20-12-6-11(7-15(18)22)4-5-14(12)23-3/h4-6,8H,7H2,1-3H3,(H2,18,22)(H,20,21). The van der Waals surface area contributed by atoms with Gasteiger partial charge in [0.2, 0.25) is 5.91 Å². The quantitative estimate of drug-likeness (QED) is 0.687. The lowest BCUT2D eigenvalue weighted by molar-refractivity contribution is -0.117. The Kier molecular flexibility index (Phi) is 5.00. The van der Waals surface area contributed by atoms with Crippen molar-refractivity contribution in [1.29, 1.82) is 0 Å². The number of primary amides is 1. The lowest BCUT2D eigenvalue weighted by Crippen LogP contribution is -2.13. The van der Waals surface area contributed by atoms with Crippen LogP contribution in [0.5, 0.6) is 5.75 Å². The number of anilines is 2. The van der Waals surface area contributed by atoms with Gasteiger partial charge in [-0.05, 0) is 31.5 Å². The molecule has 0 fully saturated rings. The van der Waals surface area contributed by atoms with E-state index in [0.717, 1.165) is 37.7 Å². The number of ether oxygens (including phenoxy) is 1. The molecule has 130 valence electrons. The van der Waals surface area contributed by atoms with E-state index >= 15 is 0 Å². The summed E-state index contributed by atoms with van der Waals surface area (Å²) in [5, 5.41) is 7.04. The van der Waals surface area contributed by atoms with Crippen molar-refractivity contribution >= 4 is 39.4 Å². The van der Waals surface area contributed by atoms with Gasteiger partial charge < -0.3 is 15.8 Å². The third-order valence-electron chi connectivity index (χ3n) is 3.52. The molecule has 1 aromatic carbocycles. The van der Waals surface area contributed by atoms with E-state index in [1.165, 1.54) is 11.3 Å². The summed E-state index contributed by atoms with van der Waals surface area (Å²) in [6, 6.07) is 5.49. The zero-order valence-corrected chi connectivity index (χ0v) is 15.8. The van der Waals surface area contributed by atoms with Crippen molar-refractivity contribution in [2.45, 2.75) is 20.3 Å². The number of nitrogens with two attached hydrogens (primary N) is 1. The zero-order chi connectivity index (χ0) is 18.0. The predicted octanol–water partition coefficient (Wildman–Crippen LogP) is 3.66. The number of carbonyl (C=O) groups excluding carboxylic acids is 1. The van der Waals surface area contributed by atoms with Crippen molar-refractivity contribution in [3.05, 3.63) is 39.8 Å². The summed E-state index contributed by atoms with van der Waals surface area (Å²) in [5.41, 5.74) is 8.74. The molecular formula is C17H18N4O2S2. The predicted molar refractivity (Wildman–Crippen MR) is 102 cm³/mol. The minimum atomic E-state index is -0.372. The molecule has 3 aromatic rings. The minimum Gasteiger partial charge on any atom is -0.495 e. The van der Waals surface area contributed by atoms with Gasteiger partial charge in [-0.1, -0.05) is 6.07 Å². The van der Waals surface area contributed by atoms with Crippen LogP contribution in [0.1, 0.15) is 16.3 Å². The summed E-state index contributed by atoms with van der Waals surface area (Å²) in [6.45, 7) is 3.98. The van der Waals surface area contributed by atoms with Gasteiger partial charge in [0.1, 0.15) is 5.75 Å². The Morgan fingerprint density at radius 3 is 2.76 bits per heavy atom. The van der Waals surface area contributed by atoms with E-state index in [4.69, 9.17) is 10.5 Å². The maximum absolute atomic E-state index is 11.1. The molecule has 3 rings (SSSR count). The van der Waals surface area contributed by atoms with Gasteiger partial charge in [-0.25, -0.2) is 9.97 Å². The molecular weight excluding hydrogens is 356 g/mol. The number of methoxy groups -OCH3 is 1. The second kappa shape index (κ2) is 7.20. The van der Waals surface area contributed by atoms with Crippen molar-refractivity contribution < 1.29 is 9.53 Å². The van der Waals surface area contributed by atoms with Crippen LogP contribution in [0.25, 0.3) is 10.6 Å². The molecule has 0 aliphatic rings. The van der Waals surface area contributed by atoms with Crippen molar-refractivity contribution in [3.8, 4) is 16.3 Å². The van der Waals surface area contributed by atoms with E-state index in [0.29, 0.717) is 5.75 Å². The molecule has 0 radical (unpaired) electrons. The second-order valence-electron chi connectivity index (χ2n) is 5.49. The van der Waals surface area contributed by atoms with Gasteiger partial charge in [0.25, 0.3) is 0 Å². The van der Waals surface area contributed by atoms with E-state index in [1.807, 2.05) is 37.4 Å². The van der Waals surface area contributed by atoms with Crippen molar-refractivity contribution in [2.24, 2.45) is 5.73 Å². The largest absolute Gasteiger partial charge is 0.495 e. The molecule has 3 N–H and O–H groups in total. The first kappa shape index (κ1) is 17.4. The first-order chi connectivity index (χ1) is 12.0. The van der Waals surface area contributed by atoms with Gasteiger partial charge in [0, 0.05) is 5.38 Å². The fourth-order valence-corrected chi connectivity index (χ4v) is 4.15. The molecule has 0 atom stereocenters. The number of nitrogens with one attached hydrogen (secondary N) is 1. The van der Waals surface area contributed by atoms with E-state index in [2.05, 4.69) is 15.3 Å². The SMILES string of the molecule is COc1ccc(CC(N)=O)cc1Nc1nc(-c2sc(C)nc2C)cs1. The van der Waals surface area contributed by atoms with Gasteiger partial charge in [-0.2, -0.15) is 0 Å². The molecule has 0 unspecified atom stereocenters. The fraction of sp³-hybridized carbons (Fsp3) is 0.235. The molecule has 0 bridgehead atoms. The molecule has 8 heteroatoms. The van der Waals surface area contributed by atoms with Crippen LogP contribution in [0, 0.1) is 13.8 Å². The third kappa shape index (κ3) is 3.97. The maximum atomic E-state index is 11.1. The van der Waals surface area contributed by atoms with Crippen molar-refractivity contribution in [3.63, 3.8) is 0 Å². The highest BCUT2D eigenvalue weighted by molar-refractivity contribution is 7.16. The molecule has 2 aromatic heterocycles. The zero-order valence-electron chi connectivity index (χ0n) is 14.1. The molecule has 25 heavy (non-hydrogen) atoms. The first-order valence-electron chi connectivity index (χ1n) is 7.58. The van der Waals surface area contributed by atoms with E-state index in [-0.39, 0.29) is 12.3 Å². The Bertz CT molecular complexity index is 917. The fourth-order valence-electron chi connectivity index (χ4n) is 2.48. The number of amides is 1. The Morgan fingerprint density at radius 1 is 1.32 bits per heavy atom. The van der Waals surface area contributed by atoms with Crippen LogP contribution in [0.2, 0.25) is 0 Å². The van der Waals surface area contributed by atoms with E-state index in [9.17, 15) is 4.79 Å². The van der Waals surface area contributed by atoms with Crippen LogP contribution in [0.4, 0.5) is 10.8 Å². The maximum Gasteiger partial charge on any atom is 0.221 e. The third-order valence-corrected chi connectivity index (χ3v) is 5.38. The Morgan fingerprint density at radius 2 is 2.12 bits per heavy atom. The van der Waals surface area contributed by atoms with Crippen LogP contribution in [-0.2, 0) is 11.2 Å². The number of benzene rings is 1. The first-order valence-corrected chi connectivity index (χ1v) is 9.28. The van der Waals surface area contributed by atoms with E-state index in [1.54, 1.807) is 18.4 Å². The summed E-state index contributed by atoms with van der Waals surface area (Å²) in [7, 11) is 1.60. The highest BCUT2D eigenvalue weighted by atomic mass is 32.1. The Labute approximate surface area is 153 Å². The number of aromatic nitrogens is 2. The highest BCUT2D eigenvalue weighted by Crippen LogP contribution is 2.35. The average molecular weight is 374 g/mol. The molecule has 0 saturated heterocycles. The number of carbonyl (C=O) groups is 1. The Hall–Kier alpha value is -2.45. The van der Waals surface area contributed by atoms with Crippen LogP contribution in [0.3, 0.4) is 0 Å². The number of rotatable bonds is 6. The van der Waals surface area contributed by atoms with Gasteiger partial charge in [-0.3, -0.25) is 4.79 Å².